The van der Waals surface area contributed by atoms with Crippen molar-refractivity contribution in [1.82, 2.24) is 35.6 Å². The number of nitrogens with one attached hydrogen (secondary N) is 1. The average Bonchev–Trinajstić information content (AvgIpc) is 3.59. The van der Waals surface area contributed by atoms with Crippen LogP contribution in [0.25, 0.3) is 5.82 Å². The number of nitrogens with two attached hydrogens (primary N) is 1. The van der Waals surface area contributed by atoms with Crippen LogP contribution in [0.15, 0.2) is 46.1 Å². The van der Waals surface area contributed by atoms with Gasteiger partial charge in [-0.25, -0.2) is 14.4 Å². The molecule has 2 aromatic carbocycles. The number of amides is 1. The summed E-state index contributed by atoms with van der Waals surface area (Å²) in [5.74, 6) is -0.0928. The summed E-state index contributed by atoms with van der Waals surface area (Å²) in [4.78, 5) is 15.5. The maximum Gasteiger partial charge on any atom is 0.292 e. The maximum atomic E-state index is 13.3. The third kappa shape index (κ3) is 6.61. The van der Waals surface area contributed by atoms with Gasteiger partial charge in [-0.1, -0.05) is 29.3 Å². The van der Waals surface area contributed by atoms with Gasteiger partial charge < -0.3 is 15.2 Å². The first-order valence-electron chi connectivity index (χ1n) is 12.8. The number of hydrazone groups is 1. The Kier molecular flexibility index (Phi) is 8.70. The fourth-order valence-electron chi connectivity index (χ4n) is 4.36. The van der Waals surface area contributed by atoms with Crippen molar-refractivity contribution in [3.05, 3.63) is 69.8 Å². The Labute approximate surface area is 239 Å². The molecule has 13 nitrogen and oxygen atoms in total. The Morgan fingerprint density at radius 3 is 2.76 bits per heavy atom. The molecule has 214 valence electrons. The molecule has 0 bridgehead atoms. The summed E-state index contributed by atoms with van der Waals surface area (Å²) in [6, 6.07) is 9.20. The standard InChI is InChI=1S/C26H27ClFN9O4/c1-39-22-11-16(5-8-21(22)40-15-17-6-7-18(28)12-19(17)27)13-30-32-26(38)23-20(14-36-9-3-2-4-10-36)31-35-37(23)25-24(29)33-41-34-25/h5-8,11-13H,2-4,9-10,14-15H2,1H3,(H2,29,33)(H,32,38)/b30-13+. The molecule has 3 N–H and O–H groups in total. The minimum absolute atomic E-state index is 0.0342. The molecule has 1 aliphatic rings. The molecular weight excluding hydrogens is 557 g/mol. The van der Waals surface area contributed by atoms with E-state index >= 15 is 0 Å². The van der Waals surface area contributed by atoms with Crippen molar-refractivity contribution < 1.29 is 23.3 Å². The summed E-state index contributed by atoms with van der Waals surface area (Å²) in [6.45, 7) is 2.35. The van der Waals surface area contributed by atoms with Gasteiger partial charge in [-0.15, -0.1) is 5.10 Å². The quantitative estimate of drug-likeness (QED) is 0.209. The highest BCUT2D eigenvalue weighted by atomic mass is 35.5. The number of carbonyl (C=O) groups is 1. The number of benzene rings is 2. The largest absolute Gasteiger partial charge is 0.493 e. The van der Waals surface area contributed by atoms with Crippen LogP contribution in [0.5, 0.6) is 11.5 Å². The topological polar surface area (TPSA) is 159 Å². The van der Waals surface area contributed by atoms with Gasteiger partial charge in [-0.2, -0.15) is 9.78 Å². The zero-order valence-corrected chi connectivity index (χ0v) is 22.8. The van der Waals surface area contributed by atoms with Crippen LogP contribution < -0.4 is 20.6 Å². The molecule has 0 aliphatic carbocycles. The summed E-state index contributed by atoms with van der Waals surface area (Å²) in [5.41, 5.74) is 10.2. The molecule has 1 saturated heterocycles. The van der Waals surface area contributed by atoms with Gasteiger partial charge >= 0.3 is 0 Å². The van der Waals surface area contributed by atoms with E-state index in [1.165, 1.54) is 36.6 Å². The van der Waals surface area contributed by atoms with Crippen molar-refractivity contribution in [2.24, 2.45) is 5.10 Å². The monoisotopic (exact) mass is 583 g/mol. The lowest BCUT2D eigenvalue weighted by atomic mass is 10.1. The normalized spacial score (nSPS) is 13.9. The minimum Gasteiger partial charge on any atom is -0.493 e. The van der Waals surface area contributed by atoms with Crippen LogP contribution in [0, 0.1) is 5.82 Å². The number of halogens is 2. The lowest BCUT2D eigenvalue weighted by molar-refractivity contribution is 0.0944. The molecule has 0 saturated carbocycles. The molecule has 15 heteroatoms. The molecule has 0 atom stereocenters. The van der Waals surface area contributed by atoms with Gasteiger partial charge in [-0.05, 0) is 72.1 Å². The lowest BCUT2D eigenvalue weighted by Gasteiger charge is -2.25. The first kappa shape index (κ1) is 28.0. The first-order chi connectivity index (χ1) is 19.9. The molecule has 3 heterocycles. The van der Waals surface area contributed by atoms with E-state index in [2.05, 4.69) is 40.7 Å². The molecule has 41 heavy (non-hydrogen) atoms. The van der Waals surface area contributed by atoms with Crippen LogP contribution in [0.2, 0.25) is 5.02 Å². The highest BCUT2D eigenvalue weighted by Crippen LogP contribution is 2.29. The number of rotatable bonds is 10. The van der Waals surface area contributed by atoms with E-state index in [0.29, 0.717) is 34.9 Å². The molecule has 0 spiro atoms. The number of nitrogen functional groups attached to an aromatic ring is 1. The number of anilines is 1. The summed E-state index contributed by atoms with van der Waals surface area (Å²) in [6.07, 6.45) is 4.78. The Balaban J connectivity index is 1.29. The number of ether oxygens (including phenoxy) is 2. The second kappa shape index (κ2) is 12.7. The molecule has 0 radical (unpaired) electrons. The van der Waals surface area contributed by atoms with Crippen molar-refractivity contribution in [3.8, 4) is 17.3 Å². The number of likely N-dealkylation sites (tertiary alicyclic amines) is 1. The van der Waals surface area contributed by atoms with Crippen molar-refractivity contribution >= 4 is 29.5 Å². The highest BCUT2D eigenvalue weighted by Gasteiger charge is 2.26. The Hall–Kier alpha value is -4.56. The molecule has 1 amide bonds. The summed E-state index contributed by atoms with van der Waals surface area (Å²) >= 11 is 6.09. The molecular formula is C26H27ClFN9O4. The number of piperidine rings is 1. The smallest absolute Gasteiger partial charge is 0.292 e. The highest BCUT2D eigenvalue weighted by molar-refractivity contribution is 6.31. The second-order valence-electron chi connectivity index (χ2n) is 9.24. The van der Waals surface area contributed by atoms with Gasteiger partial charge in [-0.3, -0.25) is 9.69 Å². The third-order valence-corrected chi connectivity index (χ3v) is 6.79. The number of carbonyl (C=O) groups excluding carboxylic acids is 1. The fraction of sp³-hybridized carbons (Fsp3) is 0.308. The van der Waals surface area contributed by atoms with Gasteiger partial charge in [0.1, 0.15) is 18.1 Å². The number of nitrogens with zero attached hydrogens (tertiary/aromatic N) is 7. The van der Waals surface area contributed by atoms with E-state index < -0.39 is 11.7 Å². The summed E-state index contributed by atoms with van der Waals surface area (Å²) in [7, 11) is 1.50. The average molecular weight is 584 g/mol. The zero-order chi connectivity index (χ0) is 28.8. The van der Waals surface area contributed by atoms with Crippen LogP contribution in [0.4, 0.5) is 10.2 Å². The molecule has 4 aromatic rings. The minimum atomic E-state index is -0.566. The fourth-order valence-corrected chi connectivity index (χ4v) is 4.58. The van der Waals surface area contributed by atoms with Gasteiger partial charge in [0, 0.05) is 12.1 Å². The Bertz CT molecular complexity index is 1550. The van der Waals surface area contributed by atoms with Gasteiger partial charge in [0.15, 0.2) is 17.2 Å². The van der Waals surface area contributed by atoms with E-state index in [0.717, 1.165) is 25.9 Å². The zero-order valence-electron chi connectivity index (χ0n) is 22.1. The SMILES string of the molecule is COc1cc(/C=N/NC(=O)c2c(CN3CCCCC3)nnn2-c2nonc2N)ccc1OCc1ccc(F)cc1Cl. The van der Waals surface area contributed by atoms with Crippen molar-refractivity contribution in [2.45, 2.75) is 32.4 Å². The van der Waals surface area contributed by atoms with E-state index in [9.17, 15) is 9.18 Å². The van der Waals surface area contributed by atoms with Gasteiger partial charge in [0.2, 0.25) is 11.6 Å². The number of aromatic nitrogens is 5. The first-order valence-corrected chi connectivity index (χ1v) is 13.1. The van der Waals surface area contributed by atoms with E-state index in [4.69, 9.17) is 26.8 Å². The Morgan fingerprint density at radius 1 is 1.20 bits per heavy atom. The van der Waals surface area contributed by atoms with Crippen molar-refractivity contribution in [3.63, 3.8) is 0 Å². The molecule has 1 aliphatic heterocycles. The van der Waals surface area contributed by atoms with Crippen LogP contribution in [-0.4, -0.2) is 62.5 Å². The van der Waals surface area contributed by atoms with Crippen LogP contribution in [0.1, 0.15) is 46.6 Å². The summed E-state index contributed by atoms with van der Waals surface area (Å²) < 4.78 is 30.5. The second-order valence-corrected chi connectivity index (χ2v) is 9.65. The van der Waals surface area contributed by atoms with Gasteiger partial charge in [0.05, 0.1) is 18.3 Å². The van der Waals surface area contributed by atoms with Gasteiger partial charge in [0.25, 0.3) is 5.91 Å². The van der Waals surface area contributed by atoms with Crippen LogP contribution >= 0.6 is 11.6 Å². The predicted octanol–water partition coefficient (Wildman–Crippen LogP) is 3.36. The number of hydrogen-bond acceptors (Lipinski definition) is 11. The van der Waals surface area contributed by atoms with Crippen LogP contribution in [0.3, 0.4) is 0 Å². The van der Waals surface area contributed by atoms with E-state index in [1.54, 1.807) is 24.3 Å². The predicted molar refractivity (Wildman–Crippen MR) is 147 cm³/mol. The maximum absolute atomic E-state index is 13.3. The molecule has 0 unspecified atom stereocenters. The molecule has 2 aromatic heterocycles. The van der Waals surface area contributed by atoms with Crippen LogP contribution in [-0.2, 0) is 13.2 Å². The van der Waals surface area contributed by atoms with E-state index in [-0.39, 0.29) is 29.0 Å². The third-order valence-electron chi connectivity index (χ3n) is 6.44. The lowest BCUT2D eigenvalue weighted by Crippen LogP contribution is -2.31. The van der Waals surface area contributed by atoms with E-state index in [1.807, 2.05) is 0 Å². The molecule has 1 fully saturated rings. The van der Waals surface area contributed by atoms with Crippen molar-refractivity contribution in [1.29, 1.82) is 0 Å². The summed E-state index contributed by atoms with van der Waals surface area (Å²) in [5, 5.41) is 20.0. The number of hydrogen-bond donors (Lipinski definition) is 2. The molecule has 5 rings (SSSR count). The Morgan fingerprint density at radius 2 is 2.02 bits per heavy atom. The number of methoxy groups -OCH3 is 1. The van der Waals surface area contributed by atoms with Crippen molar-refractivity contribution in [2.75, 3.05) is 25.9 Å².